The molecule has 0 radical (unpaired) electrons. The van der Waals surface area contributed by atoms with Gasteiger partial charge in [0.05, 0.1) is 10.5 Å². The first-order chi connectivity index (χ1) is 11.6. The number of amides is 1. The molecule has 0 atom stereocenters. The first-order valence-electron chi connectivity index (χ1n) is 6.54. The molecule has 0 aliphatic carbocycles. The van der Waals surface area contributed by atoms with Crippen LogP contribution in [-0.2, 0) is 10.0 Å². The number of para-hydroxylation sites is 1. The van der Waals surface area contributed by atoms with E-state index >= 15 is 0 Å². The van der Waals surface area contributed by atoms with Crippen LogP contribution in [0.5, 0.6) is 11.5 Å². The van der Waals surface area contributed by atoms with Gasteiger partial charge in [0.1, 0.15) is 11.5 Å². The number of carbonyl (C=O) groups excluding carboxylic acids is 1. The molecule has 0 aliphatic rings. The number of halogens is 3. The number of hydrogen-bond donors (Lipinski definition) is 3. The van der Waals surface area contributed by atoms with Crippen LogP contribution in [0.3, 0.4) is 0 Å². The van der Waals surface area contributed by atoms with Crippen molar-refractivity contribution in [2.45, 2.75) is 11.3 Å². The van der Waals surface area contributed by atoms with E-state index < -0.39 is 32.9 Å². The van der Waals surface area contributed by atoms with Gasteiger partial charge in [0.25, 0.3) is 15.9 Å². The fourth-order valence-corrected chi connectivity index (χ4v) is 2.57. The average molecular weight is 376 g/mol. The van der Waals surface area contributed by atoms with E-state index in [0.29, 0.717) is 0 Å². The third-order valence-electron chi connectivity index (χ3n) is 2.82. The number of rotatable bonds is 5. The molecule has 0 heterocycles. The molecule has 0 fully saturated rings. The van der Waals surface area contributed by atoms with Crippen molar-refractivity contribution in [2.24, 2.45) is 0 Å². The van der Waals surface area contributed by atoms with Crippen LogP contribution < -0.4 is 15.0 Å². The van der Waals surface area contributed by atoms with Crippen LogP contribution in [0.2, 0.25) is 0 Å². The van der Waals surface area contributed by atoms with Gasteiger partial charge in [-0.1, -0.05) is 12.1 Å². The Labute approximate surface area is 140 Å². The van der Waals surface area contributed by atoms with Crippen LogP contribution >= 0.6 is 0 Å². The van der Waals surface area contributed by atoms with Crippen LogP contribution in [0.25, 0.3) is 0 Å². The molecule has 7 nitrogen and oxygen atoms in total. The van der Waals surface area contributed by atoms with Gasteiger partial charge in [-0.25, -0.2) is 8.42 Å². The number of nitrogens with one attached hydrogen (secondary N) is 2. The maximum absolute atomic E-state index is 12.1. The highest BCUT2D eigenvalue weighted by molar-refractivity contribution is 7.89. The van der Waals surface area contributed by atoms with Gasteiger partial charge >= 0.3 is 6.36 Å². The second-order valence-electron chi connectivity index (χ2n) is 4.60. The minimum atomic E-state index is -4.90. The molecule has 0 saturated heterocycles. The van der Waals surface area contributed by atoms with Gasteiger partial charge in [-0.3, -0.25) is 10.2 Å². The molecule has 0 bridgehead atoms. The highest BCUT2D eigenvalue weighted by Crippen LogP contribution is 2.23. The summed E-state index contributed by atoms with van der Waals surface area (Å²) < 4.78 is 63.8. The summed E-state index contributed by atoms with van der Waals surface area (Å²) in [5.41, 5.74) is 1.72. The van der Waals surface area contributed by atoms with E-state index in [1.54, 1.807) is 4.83 Å². The van der Waals surface area contributed by atoms with Crippen molar-refractivity contribution >= 4 is 15.9 Å². The smallest absolute Gasteiger partial charge is 0.507 e. The summed E-state index contributed by atoms with van der Waals surface area (Å²) in [4.78, 5) is 13.2. The van der Waals surface area contributed by atoms with Crippen molar-refractivity contribution in [1.82, 2.24) is 10.3 Å². The van der Waals surface area contributed by atoms with Gasteiger partial charge in [-0.15, -0.1) is 18.0 Å². The van der Waals surface area contributed by atoms with Crippen molar-refractivity contribution < 1.29 is 36.2 Å². The molecule has 134 valence electrons. The lowest BCUT2D eigenvalue weighted by Gasteiger charge is -2.11. The van der Waals surface area contributed by atoms with Gasteiger partial charge in [0.2, 0.25) is 0 Å². The normalized spacial score (nSPS) is 11.8. The van der Waals surface area contributed by atoms with Crippen LogP contribution in [-0.4, -0.2) is 25.8 Å². The first kappa shape index (κ1) is 18.5. The molecule has 0 spiro atoms. The Balaban J connectivity index is 2.06. The number of phenolic OH excluding ortho intramolecular Hbond substituents is 1. The Morgan fingerprint density at radius 3 is 2.20 bits per heavy atom. The second kappa shape index (κ2) is 6.99. The molecule has 3 N–H and O–H groups in total. The fraction of sp³-hybridized carbons (Fsp3) is 0.0714. The maximum atomic E-state index is 12.1. The van der Waals surface area contributed by atoms with Crippen LogP contribution in [0.15, 0.2) is 53.4 Å². The number of sulfonamides is 1. The molecule has 25 heavy (non-hydrogen) atoms. The van der Waals surface area contributed by atoms with Gasteiger partial charge in [0, 0.05) is 0 Å². The first-order valence-corrected chi connectivity index (χ1v) is 8.03. The third kappa shape index (κ3) is 5.09. The summed E-state index contributed by atoms with van der Waals surface area (Å²) in [6, 6.07) is 8.80. The van der Waals surface area contributed by atoms with Crippen LogP contribution in [0.4, 0.5) is 13.2 Å². The predicted octanol–water partition coefficient (Wildman–Crippen LogP) is 1.91. The monoisotopic (exact) mass is 376 g/mol. The second-order valence-corrected chi connectivity index (χ2v) is 6.28. The lowest BCUT2D eigenvalue weighted by Crippen LogP contribution is -2.41. The van der Waals surface area contributed by atoms with Gasteiger partial charge < -0.3 is 9.84 Å². The molecule has 0 unspecified atom stereocenters. The average Bonchev–Trinajstić information content (AvgIpc) is 2.52. The third-order valence-corrected chi connectivity index (χ3v) is 4.08. The molecule has 0 aliphatic heterocycles. The van der Waals surface area contributed by atoms with E-state index in [-0.39, 0.29) is 11.3 Å². The lowest BCUT2D eigenvalue weighted by atomic mass is 10.2. The SMILES string of the molecule is O=C(NNS(=O)(=O)c1ccc(OC(F)(F)F)cc1)c1ccccc1O. The van der Waals surface area contributed by atoms with E-state index in [2.05, 4.69) is 4.74 Å². The Kier molecular flexibility index (Phi) is 5.18. The standard InChI is InChI=1S/C14H11F3N2O5S/c15-14(16,17)24-9-5-7-10(8-6-9)25(22,23)19-18-13(21)11-3-1-2-4-12(11)20/h1-8,19-20H,(H,18,21). The Hall–Kier alpha value is -2.79. The number of phenols is 1. The minimum absolute atomic E-state index is 0.167. The highest BCUT2D eigenvalue weighted by atomic mass is 32.2. The maximum Gasteiger partial charge on any atom is 0.573 e. The molecule has 2 aromatic carbocycles. The highest BCUT2D eigenvalue weighted by Gasteiger charge is 2.31. The molecular formula is C14H11F3N2O5S. The van der Waals surface area contributed by atoms with Crippen molar-refractivity contribution in [3.63, 3.8) is 0 Å². The largest absolute Gasteiger partial charge is 0.573 e. The van der Waals surface area contributed by atoms with Crippen LogP contribution in [0.1, 0.15) is 10.4 Å². The number of carbonyl (C=O) groups is 1. The molecule has 2 rings (SSSR count). The van der Waals surface area contributed by atoms with Crippen LogP contribution in [0, 0.1) is 0 Å². The summed E-state index contributed by atoms with van der Waals surface area (Å²) in [6.45, 7) is 0. The molecule has 0 saturated carbocycles. The minimum Gasteiger partial charge on any atom is -0.507 e. The predicted molar refractivity (Wildman–Crippen MR) is 79.0 cm³/mol. The summed E-state index contributed by atoms with van der Waals surface area (Å²) in [6.07, 6.45) is -4.90. The molecule has 2 aromatic rings. The number of aromatic hydroxyl groups is 1. The molecular weight excluding hydrogens is 365 g/mol. The topological polar surface area (TPSA) is 105 Å². The summed E-state index contributed by atoms with van der Waals surface area (Å²) >= 11 is 0. The number of benzene rings is 2. The van der Waals surface area contributed by atoms with Crippen molar-refractivity contribution in [2.75, 3.05) is 0 Å². The lowest BCUT2D eigenvalue weighted by molar-refractivity contribution is -0.274. The van der Waals surface area contributed by atoms with E-state index in [9.17, 15) is 31.5 Å². The van der Waals surface area contributed by atoms with Crippen molar-refractivity contribution in [3.05, 3.63) is 54.1 Å². The van der Waals surface area contributed by atoms with Crippen molar-refractivity contribution in [1.29, 1.82) is 0 Å². The zero-order chi connectivity index (χ0) is 18.7. The quantitative estimate of drug-likeness (QED) is 0.692. The Morgan fingerprint density at radius 1 is 1.04 bits per heavy atom. The zero-order valence-electron chi connectivity index (χ0n) is 12.2. The summed E-state index contributed by atoms with van der Waals surface area (Å²) in [5.74, 6) is -1.86. The fourth-order valence-electron chi connectivity index (χ4n) is 1.73. The van der Waals surface area contributed by atoms with Crippen molar-refractivity contribution in [3.8, 4) is 11.5 Å². The van der Waals surface area contributed by atoms with Gasteiger partial charge in [0.15, 0.2) is 0 Å². The van der Waals surface area contributed by atoms with E-state index in [1.807, 2.05) is 5.43 Å². The van der Waals surface area contributed by atoms with Gasteiger partial charge in [-0.2, -0.15) is 0 Å². The Morgan fingerprint density at radius 2 is 1.64 bits per heavy atom. The van der Waals surface area contributed by atoms with E-state index in [4.69, 9.17) is 0 Å². The van der Waals surface area contributed by atoms with E-state index in [0.717, 1.165) is 24.3 Å². The number of hydrazine groups is 1. The van der Waals surface area contributed by atoms with Gasteiger partial charge in [-0.05, 0) is 36.4 Å². The Bertz CT molecular complexity index is 867. The summed E-state index contributed by atoms with van der Waals surface area (Å²) in [7, 11) is -4.24. The number of hydrogen-bond acceptors (Lipinski definition) is 5. The molecule has 11 heteroatoms. The number of ether oxygens (including phenoxy) is 1. The van der Waals surface area contributed by atoms with E-state index in [1.165, 1.54) is 24.3 Å². The summed E-state index contributed by atoms with van der Waals surface area (Å²) in [5, 5.41) is 9.51. The molecule has 0 aromatic heterocycles. The number of alkyl halides is 3. The molecule has 1 amide bonds. The zero-order valence-corrected chi connectivity index (χ0v) is 13.1.